The van der Waals surface area contributed by atoms with Gasteiger partial charge in [-0.3, -0.25) is 4.79 Å². The fourth-order valence-corrected chi connectivity index (χ4v) is 11.5. The fourth-order valence-electron chi connectivity index (χ4n) is 11.5. The Hall–Kier alpha value is -0.830. The Labute approximate surface area is 201 Å². The van der Waals surface area contributed by atoms with E-state index < -0.39 is 11.4 Å². The number of aliphatic hydroxyl groups is 1. The van der Waals surface area contributed by atoms with Crippen LogP contribution in [-0.4, -0.2) is 22.3 Å². The van der Waals surface area contributed by atoms with E-state index in [0.29, 0.717) is 23.7 Å². The Bertz CT molecular complexity index is 861. The van der Waals surface area contributed by atoms with Crippen molar-refractivity contribution in [3.05, 3.63) is 12.2 Å². The molecule has 5 fully saturated rings. The minimum Gasteiger partial charge on any atom is -0.481 e. The van der Waals surface area contributed by atoms with Gasteiger partial charge in [-0.25, -0.2) is 0 Å². The molecule has 3 heteroatoms. The summed E-state index contributed by atoms with van der Waals surface area (Å²) in [5.74, 6) is 1.79. The number of allylic oxidation sites excluding steroid dienone is 1. The third-order valence-electron chi connectivity index (χ3n) is 13.5. The van der Waals surface area contributed by atoms with Gasteiger partial charge in [0, 0.05) is 0 Å². The van der Waals surface area contributed by atoms with Crippen molar-refractivity contribution >= 4 is 5.97 Å². The standard InChI is InChI=1S/C30H48O3/c1-18(2)19-10-15-30(25(32)33)17-16-28(6)20(24(19)30)8-9-22-27(5)13-12-23(31)26(3,4)21(27)11-14-29(22,28)7/h19-24,31H,1,8-17H2,2-7H3,(H,32,33)/t19?,20-,21+,22-,23?,24+,27+,28-,29-,30+/m1/s1. The Morgan fingerprint density at radius 1 is 0.818 bits per heavy atom. The van der Waals surface area contributed by atoms with Crippen molar-refractivity contribution < 1.29 is 15.0 Å². The van der Waals surface area contributed by atoms with E-state index in [1.807, 2.05) is 0 Å². The zero-order valence-corrected chi connectivity index (χ0v) is 22.0. The molecule has 5 aliphatic rings. The first-order valence-corrected chi connectivity index (χ1v) is 13.8. The normalized spacial score (nSPS) is 55.0. The smallest absolute Gasteiger partial charge is 0.309 e. The van der Waals surface area contributed by atoms with Gasteiger partial charge in [-0.15, -0.1) is 0 Å². The van der Waals surface area contributed by atoms with Crippen molar-refractivity contribution in [3.8, 4) is 0 Å². The van der Waals surface area contributed by atoms with Crippen LogP contribution in [-0.2, 0) is 4.79 Å². The molecule has 2 N–H and O–H groups in total. The van der Waals surface area contributed by atoms with E-state index in [2.05, 4.69) is 48.1 Å². The number of hydrogen-bond donors (Lipinski definition) is 2. The number of carbonyl (C=O) groups is 1. The lowest BCUT2D eigenvalue weighted by atomic mass is 9.32. The van der Waals surface area contributed by atoms with Gasteiger partial charge < -0.3 is 10.2 Å². The second-order valence-electron chi connectivity index (χ2n) is 14.5. The lowest BCUT2D eigenvalue weighted by Gasteiger charge is -2.72. The summed E-state index contributed by atoms with van der Waals surface area (Å²) in [6, 6.07) is 0. The van der Waals surface area contributed by atoms with E-state index in [4.69, 9.17) is 0 Å². The average molecular weight is 457 g/mol. The van der Waals surface area contributed by atoms with Gasteiger partial charge in [0.1, 0.15) is 0 Å². The highest BCUT2D eigenvalue weighted by Gasteiger charge is 2.71. The number of aliphatic carboxylic acids is 1. The van der Waals surface area contributed by atoms with Crippen LogP contribution in [0, 0.1) is 56.7 Å². The van der Waals surface area contributed by atoms with E-state index in [1.165, 1.54) is 31.3 Å². The molecule has 0 bridgehead atoms. The van der Waals surface area contributed by atoms with Crippen molar-refractivity contribution in [2.45, 2.75) is 112 Å². The van der Waals surface area contributed by atoms with Crippen LogP contribution in [0.2, 0.25) is 0 Å². The summed E-state index contributed by atoms with van der Waals surface area (Å²) in [5.41, 5.74) is 1.35. The van der Waals surface area contributed by atoms with Crippen LogP contribution in [0.15, 0.2) is 12.2 Å². The van der Waals surface area contributed by atoms with Crippen LogP contribution in [0.3, 0.4) is 0 Å². The minimum absolute atomic E-state index is 0.0202. The molecule has 0 amide bonds. The van der Waals surface area contributed by atoms with Gasteiger partial charge in [0.15, 0.2) is 0 Å². The number of carboxylic acid groups (broad SMARTS) is 1. The van der Waals surface area contributed by atoms with Gasteiger partial charge in [-0.2, -0.15) is 0 Å². The van der Waals surface area contributed by atoms with Gasteiger partial charge in [-0.05, 0) is 122 Å². The molecule has 0 aliphatic heterocycles. The number of rotatable bonds is 2. The highest BCUT2D eigenvalue weighted by molar-refractivity contribution is 5.76. The molecule has 10 atom stereocenters. The van der Waals surface area contributed by atoms with E-state index in [1.54, 1.807) is 0 Å². The average Bonchev–Trinajstić information content (AvgIpc) is 3.13. The molecule has 5 rings (SSSR count). The maximum atomic E-state index is 12.8. The van der Waals surface area contributed by atoms with Crippen LogP contribution < -0.4 is 0 Å². The molecule has 3 nitrogen and oxygen atoms in total. The van der Waals surface area contributed by atoms with Gasteiger partial charge in [0.05, 0.1) is 11.5 Å². The molecule has 0 radical (unpaired) electrons. The monoisotopic (exact) mass is 456 g/mol. The molecular formula is C30H48O3. The van der Waals surface area contributed by atoms with E-state index in [-0.39, 0.29) is 33.7 Å². The second kappa shape index (κ2) is 7.11. The topological polar surface area (TPSA) is 57.5 Å². The Morgan fingerprint density at radius 2 is 1.52 bits per heavy atom. The van der Waals surface area contributed by atoms with Crippen LogP contribution in [0.25, 0.3) is 0 Å². The highest BCUT2D eigenvalue weighted by atomic mass is 16.4. The third kappa shape index (κ3) is 2.75. The molecule has 0 aromatic carbocycles. The van der Waals surface area contributed by atoms with Gasteiger partial charge in [-0.1, -0.05) is 46.8 Å². The van der Waals surface area contributed by atoms with Crippen LogP contribution in [0.4, 0.5) is 0 Å². The third-order valence-corrected chi connectivity index (χ3v) is 13.5. The molecule has 0 aromatic heterocycles. The molecule has 0 spiro atoms. The largest absolute Gasteiger partial charge is 0.481 e. The predicted molar refractivity (Wildman–Crippen MR) is 133 cm³/mol. The second-order valence-corrected chi connectivity index (χ2v) is 14.5. The lowest BCUT2D eigenvalue weighted by molar-refractivity contribution is -0.248. The van der Waals surface area contributed by atoms with E-state index in [9.17, 15) is 15.0 Å². The lowest BCUT2D eigenvalue weighted by Crippen LogP contribution is -2.67. The molecule has 186 valence electrons. The summed E-state index contributed by atoms with van der Waals surface area (Å²) in [4.78, 5) is 12.8. The molecule has 5 saturated carbocycles. The molecule has 33 heavy (non-hydrogen) atoms. The van der Waals surface area contributed by atoms with Gasteiger partial charge >= 0.3 is 5.97 Å². The SMILES string of the molecule is C=C(C)C1CC[C@]2(C(=O)O)CC[C@]3(C)[C@H](CC[C@@H]4[C@@]5(C)CCC(O)C(C)(C)[C@@H]5CC[C@]43C)[C@H]12. The summed E-state index contributed by atoms with van der Waals surface area (Å²) < 4.78 is 0. The minimum atomic E-state index is -0.538. The molecule has 0 aromatic rings. The number of aliphatic hydroxyl groups excluding tert-OH is 1. The molecule has 5 aliphatic carbocycles. The van der Waals surface area contributed by atoms with Gasteiger partial charge in [0.2, 0.25) is 0 Å². The predicted octanol–water partition coefficient (Wildman–Crippen LogP) is 7.09. The van der Waals surface area contributed by atoms with Crippen molar-refractivity contribution in [3.63, 3.8) is 0 Å². The van der Waals surface area contributed by atoms with Crippen LogP contribution >= 0.6 is 0 Å². The quantitative estimate of drug-likeness (QED) is 0.436. The number of hydrogen-bond acceptors (Lipinski definition) is 2. The first-order valence-electron chi connectivity index (χ1n) is 13.8. The Morgan fingerprint density at radius 3 is 2.15 bits per heavy atom. The van der Waals surface area contributed by atoms with Crippen molar-refractivity contribution in [2.24, 2.45) is 56.7 Å². The highest BCUT2D eigenvalue weighted by Crippen LogP contribution is 2.77. The first-order chi connectivity index (χ1) is 15.3. The van der Waals surface area contributed by atoms with Crippen LogP contribution in [0.1, 0.15) is 106 Å². The van der Waals surface area contributed by atoms with Crippen molar-refractivity contribution in [1.29, 1.82) is 0 Å². The fraction of sp³-hybridized carbons (Fsp3) is 0.900. The van der Waals surface area contributed by atoms with Crippen molar-refractivity contribution in [1.82, 2.24) is 0 Å². The van der Waals surface area contributed by atoms with E-state index in [0.717, 1.165) is 38.5 Å². The number of fused-ring (bicyclic) bond motifs is 7. The van der Waals surface area contributed by atoms with E-state index >= 15 is 0 Å². The zero-order chi connectivity index (χ0) is 24.2. The Kier molecular flexibility index (Phi) is 5.15. The van der Waals surface area contributed by atoms with Gasteiger partial charge in [0.25, 0.3) is 0 Å². The van der Waals surface area contributed by atoms with Crippen LogP contribution in [0.5, 0.6) is 0 Å². The maximum Gasteiger partial charge on any atom is 0.309 e. The summed E-state index contributed by atoms with van der Waals surface area (Å²) in [7, 11) is 0. The summed E-state index contributed by atoms with van der Waals surface area (Å²) in [6.45, 7) is 18.8. The first kappa shape index (κ1) is 23.9. The summed E-state index contributed by atoms with van der Waals surface area (Å²) in [5, 5.41) is 21.4. The Balaban J connectivity index is 1.57. The zero-order valence-electron chi connectivity index (χ0n) is 22.0. The summed E-state index contributed by atoms with van der Waals surface area (Å²) >= 11 is 0. The molecular weight excluding hydrogens is 408 g/mol. The van der Waals surface area contributed by atoms with Crippen molar-refractivity contribution in [2.75, 3.05) is 0 Å². The molecule has 2 unspecified atom stereocenters. The number of carboxylic acids is 1. The molecule has 0 saturated heterocycles. The summed E-state index contributed by atoms with van der Waals surface area (Å²) in [6.07, 6.45) is 10.5. The maximum absolute atomic E-state index is 12.8. The molecule has 0 heterocycles.